The lowest BCUT2D eigenvalue weighted by molar-refractivity contribution is 0.0218. The minimum absolute atomic E-state index is 0.278. The Balaban J connectivity index is 2.31. The molecule has 0 aliphatic heterocycles. The van der Waals surface area contributed by atoms with E-state index in [0.717, 1.165) is 4.90 Å². The van der Waals surface area contributed by atoms with Crippen LogP contribution in [0.1, 0.15) is 0 Å². The average molecular weight is 292 g/mol. The molecule has 1 rings (SSSR count). The van der Waals surface area contributed by atoms with Gasteiger partial charge in [-0.05, 0) is 12.1 Å². The number of anilines is 1. The van der Waals surface area contributed by atoms with Crippen molar-refractivity contribution in [1.29, 1.82) is 0 Å². The second-order valence-corrected chi connectivity index (χ2v) is 5.13. The number of thioether (sulfide) groups is 1. The molecule has 3 N–H and O–H groups in total. The van der Waals surface area contributed by atoms with Crippen LogP contribution in [-0.2, 0) is 9.47 Å². The van der Waals surface area contributed by atoms with E-state index in [1.807, 2.05) is 0 Å². The smallest absolute Gasteiger partial charge is 0.0867 e. The lowest BCUT2D eigenvalue weighted by Gasteiger charge is -2.12. The molecule has 1 atom stereocenters. The maximum Gasteiger partial charge on any atom is 0.0867 e. The number of nitrogens with two attached hydrogens (primary N) is 1. The number of hydrogen-bond acceptors (Lipinski definition) is 5. The Bertz CT molecular complexity index is 345. The molecule has 1 unspecified atom stereocenters. The van der Waals surface area contributed by atoms with Crippen LogP contribution in [0.2, 0.25) is 5.02 Å². The van der Waals surface area contributed by atoms with Crippen LogP contribution in [0.3, 0.4) is 0 Å². The topological polar surface area (TPSA) is 64.7 Å². The molecule has 1 aromatic carbocycles. The van der Waals surface area contributed by atoms with Gasteiger partial charge in [-0.3, -0.25) is 0 Å². The molecule has 0 fully saturated rings. The highest BCUT2D eigenvalue weighted by Gasteiger charge is 2.09. The molecule has 6 heteroatoms. The van der Waals surface area contributed by atoms with Crippen LogP contribution in [0, 0.1) is 0 Å². The Kier molecular flexibility index (Phi) is 7.46. The largest absolute Gasteiger partial charge is 0.398 e. The number of nitrogen functional groups attached to an aromatic ring is 1. The fraction of sp³-hybridized carbons (Fsp3) is 0.500. The van der Waals surface area contributed by atoms with Crippen LogP contribution in [-0.4, -0.2) is 43.9 Å². The van der Waals surface area contributed by atoms with Gasteiger partial charge in [0.2, 0.25) is 0 Å². The monoisotopic (exact) mass is 291 g/mol. The van der Waals surface area contributed by atoms with Crippen molar-refractivity contribution in [2.45, 2.75) is 11.0 Å². The zero-order chi connectivity index (χ0) is 13.4. The number of aliphatic hydroxyl groups is 1. The second-order valence-electron chi connectivity index (χ2n) is 3.69. The highest BCUT2D eigenvalue weighted by molar-refractivity contribution is 7.99. The summed E-state index contributed by atoms with van der Waals surface area (Å²) in [5.74, 6) is 0.487. The van der Waals surface area contributed by atoms with Gasteiger partial charge in [0.25, 0.3) is 0 Å². The van der Waals surface area contributed by atoms with Crippen LogP contribution >= 0.6 is 23.4 Å². The zero-order valence-corrected chi connectivity index (χ0v) is 11.8. The summed E-state index contributed by atoms with van der Waals surface area (Å²) in [4.78, 5) is 0.801. The zero-order valence-electron chi connectivity index (χ0n) is 10.3. The van der Waals surface area contributed by atoms with Crippen LogP contribution in [0.4, 0.5) is 5.69 Å². The van der Waals surface area contributed by atoms with Gasteiger partial charge >= 0.3 is 0 Å². The highest BCUT2D eigenvalue weighted by Crippen LogP contribution is 2.32. The van der Waals surface area contributed by atoms with Crippen LogP contribution in [0.15, 0.2) is 23.1 Å². The number of rotatable bonds is 8. The summed E-state index contributed by atoms with van der Waals surface area (Å²) in [7, 11) is 1.61. The summed E-state index contributed by atoms with van der Waals surface area (Å²) in [5, 5.41) is 10.3. The maximum atomic E-state index is 9.72. The van der Waals surface area contributed by atoms with Crippen molar-refractivity contribution in [2.75, 3.05) is 38.4 Å². The Morgan fingerprint density at radius 2 is 2.22 bits per heavy atom. The van der Waals surface area contributed by atoms with Gasteiger partial charge in [-0.1, -0.05) is 17.7 Å². The van der Waals surface area contributed by atoms with Crippen molar-refractivity contribution in [2.24, 2.45) is 0 Å². The number of aliphatic hydroxyl groups excluding tert-OH is 1. The molecule has 0 aromatic heterocycles. The third-order valence-corrected chi connectivity index (χ3v) is 3.88. The van der Waals surface area contributed by atoms with E-state index in [4.69, 9.17) is 26.8 Å². The molecule has 0 heterocycles. The molecule has 0 bridgehead atoms. The SMILES string of the molecule is COCCOCC(O)CSc1c(N)cccc1Cl. The van der Waals surface area contributed by atoms with Crippen molar-refractivity contribution in [3.05, 3.63) is 23.2 Å². The van der Waals surface area contributed by atoms with Crippen LogP contribution < -0.4 is 5.73 Å². The van der Waals surface area contributed by atoms with Gasteiger partial charge in [-0.2, -0.15) is 0 Å². The number of hydrogen-bond donors (Lipinski definition) is 2. The minimum atomic E-state index is -0.553. The lowest BCUT2D eigenvalue weighted by atomic mass is 10.3. The van der Waals surface area contributed by atoms with E-state index in [2.05, 4.69) is 0 Å². The highest BCUT2D eigenvalue weighted by atomic mass is 35.5. The van der Waals surface area contributed by atoms with Gasteiger partial charge in [-0.25, -0.2) is 0 Å². The Morgan fingerprint density at radius 3 is 2.89 bits per heavy atom. The summed E-state index contributed by atoms with van der Waals surface area (Å²) >= 11 is 7.46. The molecule has 0 saturated carbocycles. The van der Waals surface area contributed by atoms with Crippen molar-refractivity contribution in [3.8, 4) is 0 Å². The van der Waals surface area contributed by atoms with Gasteiger partial charge in [-0.15, -0.1) is 11.8 Å². The summed E-state index contributed by atoms with van der Waals surface area (Å²) < 4.78 is 10.1. The predicted octanol–water partition coefficient (Wildman–Crippen LogP) is 2.04. The molecule has 18 heavy (non-hydrogen) atoms. The molecule has 4 nitrogen and oxygen atoms in total. The summed E-state index contributed by atoms with van der Waals surface area (Å²) in [5.41, 5.74) is 6.44. The molecule has 102 valence electrons. The first-order valence-electron chi connectivity index (χ1n) is 5.56. The molecule has 0 spiro atoms. The summed E-state index contributed by atoms with van der Waals surface area (Å²) in [6.07, 6.45) is -0.553. The van der Waals surface area contributed by atoms with Gasteiger partial charge in [0.05, 0.1) is 30.9 Å². The van der Waals surface area contributed by atoms with Gasteiger partial charge < -0.3 is 20.3 Å². The van der Waals surface area contributed by atoms with Crippen LogP contribution in [0.25, 0.3) is 0 Å². The summed E-state index contributed by atoms with van der Waals surface area (Å²) in [6.45, 7) is 1.28. The second kappa shape index (κ2) is 8.61. The maximum absolute atomic E-state index is 9.72. The van der Waals surface area contributed by atoms with E-state index in [1.54, 1.807) is 25.3 Å². The molecule has 1 aromatic rings. The van der Waals surface area contributed by atoms with E-state index in [1.165, 1.54) is 11.8 Å². The Morgan fingerprint density at radius 1 is 1.44 bits per heavy atom. The first kappa shape index (κ1) is 15.6. The Hall–Kier alpha value is -0.460. The number of halogens is 1. The van der Waals surface area contributed by atoms with E-state index in [0.29, 0.717) is 29.7 Å². The van der Waals surface area contributed by atoms with Crippen molar-refractivity contribution < 1.29 is 14.6 Å². The quantitative estimate of drug-likeness (QED) is 0.436. The molecule has 0 amide bonds. The number of ether oxygens (including phenoxy) is 2. The van der Waals surface area contributed by atoms with Crippen molar-refractivity contribution in [3.63, 3.8) is 0 Å². The fourth-order valence-electron chi connectivity index (χ4n) is 1.27. The Labute approximate surface area is 116 Å². The van der Waals surface area contributed by atoms with Crippen molar-refractivity contribution >= 4 is 29.1 Å². The first-order chi connectivity index (χ1) is 8.65. The third kappa shape index (κ3) is 5.46. The first-order valence-corrected chi connectivity index (χ1v) is 6.93. The normalized spacial score (nSPS) is 12.6. The average Bonchev–Trinajstić information content (AvgIpc) is 2.34. The van der Waals surface area contributed by atoms with E-state index < -0.39 is 6.10 Å². The number of methoxy groups -OCH3 is 1. The van der Waals surface area contributed by atoms with Crippen LogP contribution in [0.5, 0.6) is 0 Å². The van der Waals surface area contributed by atoms with Crippen molar-refractivity contribution in [1.82, 2.24) is 0 Å². The van der Waals surface area contributed by atoms with Gasteiger partial charge in [0, 0.05) is 23.4 Å². The third-order valence-electron chi connectivity index (χ3n) is 2.16. The van der Waals surface area contributed by atoms with E-state index >= 15 is 0 Å². The fourth-order valence-corrected chi connectivity index (χ4v) is 2.51. The molecular weight excluding hydrogens is 274 g/mol. The van der Waals surface area contributed by atoms with Gasteiger partial charge in [0.15, 0.2) is 0 Å². The summed E-state index contributed by atoms with van der Waals surface area (Å²) in [6, 6.07) is 5.36. The predicted molar refractivity (Wildman–Crippen MR) is 75.3 cm³/mol. The van der Waals surface area contributed by atoms with Gasteiger partial charge in [0.1, 0.15) is 0 Å². The molecule has 0 radical (unpaired) electrons. The van der Waals surface area contributed by atoms with E-state index in [9.17, 15) is 5.11 Å². The molecule has 0 saturated heterocycles. The molecule has 0 aliphatic carbocycles. The molecular formula is C12H18ClNO3S. The molecule has 0 aliphatic rings. The van der Waals surface area contributed by atoms with E-state index in [-0.39, 0.29) is 6.61 Å². The lowest BCUT2D eigenvalue weighted by Crippen LogP contribution is -2.19. The minimum Gasteiger partial charge on any atom is -0.398 e. The number of benzene rings is 1. The standard InChI is InChI=1S/C12H18ClNO3S/c1-16-5-6-17-7-9(15)8-18-12-10(13)3-2-4-11(12)14/h2-4,9,15H,5-8,14H2,1H3.